The van der Waals surface area contributed by atoms with Crippen molar-refractivity contribution in [1.82, 2.24) is 5.32 Å². The van der Waals surface area contributed by atoms with Crippen LogP contribution < -0.4 is 10.6 Å². The molecule has 1 saturated heterocycles. The van der Waals surface area contributed by atoms with Crippen molar-refractivity contribution in [3.05, 3.63) is 29.8 Å². The molecule has 1 unspecified atom stereocenters. The van der Waals surface area contributed by atoms with Crippen LogP contribution in [0, 0.1) is 0 Å². The quantitative estimate of drug-likeness (QED) is 0.798. The number of Topliss-reactive ketones (excluding diaryl/α,β-unsaturated/α-hetero) is 1. The molecule has 0 aliphatic carbocycles. The molecule has 0 aromatic heterocycles. The minimum Gasteiger partial charge on any atom is -0.326 e. The predicted molar refractivity (Wildman–Crippen MR) is 70.7 cm³/mol. The first-order chi connectivity index (χ1) is 8.70. The first-order valence-electron chi connectivity index (χ1n) is 6.38. The third kappa shape index (κ3) is 2.96. The second-order valence-electron chi connectivity index (χ2n) is 4.49. The Balaban J connectivity index is 2.02. The Hall–Kier alpha value is -1.68. The van der Waals surface area contributed by atoms with Crippen molar-refractivity contribution >= 4 is 17.4 Å². The highest BCUT2D eigenvalue weighted by atomic mass is 16.1. The Morgan fingerprint density at radius 2 is 2.06 bits per heavy atom. The molecule has 0 spiro atoms. The van der Waals surface area contributed by atoms with E-state index in [0.717, 1.165) is 25.1 Å². The zero-order valence-electron chi connectivity index (χ0n) is 10.5. The molecule has 0 bridgehead atoms. The Labute approximate surface area is 107 Å². The van der Waals surface area contributed by atoms with Gasteiger partial charge in [0.15, 0.2) is 5.78 Å². The predicted octanol–water partition coefficient (Wildman–Crippen LogP) is 1.97. The van der Waals surface area contributed by atoms with Gasteiger partial charge >= 0.3 is 0 Å². The molecule has 4 nitrogen and oxygen atoms in total. The van der Waals surface area contributed by atoms with E-state index in [1.54, 1.807) is 31.2 Å². The summed E-state index contributed by atoms with van der Waals surface area (Å²) >= 11 is 0. The number of carbonyl (C=O) groups is 2. The van der Waals surface area contributed by atoms with Gasteiger partial charge in [-0.1, -0.05) is 6.92 Å². The Morgan fingerprint density at radius 1 is 1.33 bits per heavy atom. The molecule has 1 atom stereocenters. The van der Waals surface area contributed by atoms with Crippen LogP contribution in [0.2, 0.25) is 0 Å². The molecule has 4 heteroatoms. The van der Waals surface area contributed by atoms with Crippen molar-refractivity contribution in [2.75, 3.05) is 11.9 Å². The SMILES string of the molecule is CCC(=O)Nc1ccc(C(=O)C2CCCN2)cc1. The van der Waals surface area contributed by atoms with Gasteiger partial charge in [-0.3, -0.25) is 9.59 Å². The van der Waals surface area contributed by atoms with E-state index in [4.69, 9.17) is 0 Å². The van der Waals surface area contributed by atoms with E-state index in [1.807, 2.05) is 0 Å². The minimum absolute atomic E-state index is 0.0217. The van der Waals surface area contributed by atoms with Crippen molar-refractivity contribution in [3.8, 4) is 0 Å². The summed E-state index contributed by atoms with van der Waals surface area (Å²) in [4.78, 5) is 23.3. The molecule has 2 N–H and O–H groups in total. The van der Waals surface area contributed by atoms with Gasteiger partial charge in [0, 0.05) is 17.7 Å². The monoisotopic (exact) mass is 246 g/mol. The lowest BCUT2D eigenvalue weighted by Gasteiger charge is -2.09. The molecule has 0 radical (unpaired) electrons. The average molecular weight is 246 g/mol. The summed E-state index contributed by atoms with van der Waals surface area (Å²) in [5.74, 6) is 0.118. The second kappa shape index (κ2) is 5.78. The van der Waals surface area contributed by atoms with Gasteiger partial charge in [-0.25, -0.2) is 0 Å². The van der Waals surface area contributed by atoms with E-state index >= 15 is 0 Å². The highest BCUT2D eigenvalue weighted by Gasteiger charge is 2.22. The number of ketones is 1. The number of nitrogens with one attached hydrogen (secondary N) is 2. The fraction of sp³-hybridized carbons (Fsp3) is 0.429. The Kier molecular flexibility index (Phi) is 4.10. The fourth-order valence-corrected chi connectivity index (χ4v) is 2.08. The van der Waals surface area contributed by atoms with E-state index in [-0.39, 0.29) is 17.7 Å². The van der Waals surface area contributed by atoms with Gasteiger partial charge in [0.1, 0.15) is 0 Å². The lowest BCUT2D eigenvalue weighted by molar-refractivity contribution is -0.115. The molecule has 2 rings (SSSR count). The minimum atomic E-state index is -0.0407. The van der Waals surface area contributed by atoms with Crippen LogP contribution in [0.4, 0.5) is 5.69 Å². The lowest BCUT2D eigenvalue weighted by atomic mass is 10.0. The number of anilines is 1. The molecule has 18 heavy (non-hydrogen) atoms. The number of rotatable bonds is 4. The third-order valence-corrected chi connectivity index (χ3v) is 3.15. The normalized spacial score (nSPS) is 18.6. The van der Waals surface area contributed by atoms with Crippen LogP contribution in [0.1, 0.15) is 36.5 Å². The van der Waals surface area contributed by atoms with Crippen molar-refractivity contribution in [2.45, 2.75) is 32.2 Å². The molecule has 0 saturated carbocycles. The zero-order chi connectivity index (χ0) is 13.0. The molecule has 1 amide bonds. The molecular formula is C14H18N2O2. The number of hydrogen-bond donors (Lipinski definition) is 2. The molecular weight excluding hydrogens is 228 g/mol. The van der Waals surface area contributed by atoms with Crippen LogP contribution in [0.25, 0.3) is 0 Å². The molecule has 96 valence electrons. The first kappa shape index (κ1) is 12.8. The summed E-state index contributed by atoms with van der Waals surface area (Å²) in [6.45, 7) is 2.72. The van der Waals surface area contributed by atoms with E-state index in [1.165, 1.54) is 0 Å². The third-order valence-electron chi connectivity index (χ3n) is 3.15. The number of carbonyl (C=O) groups excluding carboxylic acids is 2. The maximum absolute atomic E-state index is 12.1. The summed E-state index contributed by atoms with van der Waals surface area (Å²) in [6, 6.07) is 7.05. The molecule has 1 heterocycles. The lowest BCUT2D eigenvalue weighted by Crippen LogP contribution is -2.30. The topological polar surface area (TPSA) is 58.2 Å². The highest BCUT2D eigenvalue weighted by molar-refractivity contribution is 6.01. The zero-order valence-corrected chi connectivity index (χ0v) is 10.5. The summed E-state index contributed by atoms with van der Waals surface area (Å²) in [5.41, 5.74) is 1.43. The average Bonchev–Trinajstić information content (AvgIpc) is 2.92. The van der Waals surface area contributed by atoms with Gasteiger partial charge in [0.25, 0.3) is 0 Å². The summed E-state index contributed by atoms with van der Waals surface area (Å²) in [6.07, 6.45) is 2.42. The molecule has 1 aromatic rings. The van der Waals surface area contributed by atoms with Crippen LogP contribution in [0.5, 0.6) is 0 Å². The maximum Gasteiger partial charge on any atom is 0.224 e. The molecule has 1 fully saturated rings. The van der Waals surface area contributed by atoms with Gasteiger partial charge in [-0.2, -0.15) is 0 Å². The number of amides is 1. The van der Waals surface area contributed by atoms with Gasteiger partial charge in [0.2, 0.25) is 5.91 Å². The first-order valence-corrected chi connectivity index (χ1v) is 6.38. The van der Waals surface area contributed by atoms with E-state index in [0.29, 0.717) is 12.0 Å². The van der Waals surface area contributed by atoms with Crippen LogP contribution in [0.15, 0.2) is 24.3 Å². The maximum atomic E-state index is 12.1. The van der Waals surface area contributed by atoms with E-state index in [2.05, 4.69) is 10.6 Å². The van der Waals surface area contributed by atoms with Crippen LogP contribution in [0.3, 0.4) is 0 Å². The van der Waals surface area contributed by atoms with Crippen LogP contribution >= 0.6 is 0 Å². The van der Waals surface area contributed by atoms with Crippen molar-refractivity contribution in [3.63, 3.8) is 0 Å². The number of hydrogen-bond acceptors (Lipinski definition) is 3. The van der Waals surface area contributed by atoms with E-state index in [9.17, 15) is 9.59 Å². The summed E-state index contributed by atoms with van der Waals surface area (Å²) in [7, 11) is 0. The number of benzene rings is 1. The van der Waals surface area contributed by atoms with Crippen molar-refractivity contribution in [1.29, 1.82) is 0 Å². The second-order valence-corrected chi connectivity index (χ2v) is 4.49. The molecule has 1 aliphatic rings. The van der Waals surface area contributed by atoms with Gasteiger partial charge in [-0.05, 0) is 43.7 Å². The van der Waals surface area contributed by atoms with Gasteiger partial charge < -0.3 is 10.6 Å². The van der Waals surface area contributed by atoms with E-state index < -0.39 is 0 Å². The largest absolute Gasteiger partial charge is 0.326 e. The Bertz CT molecular complexity index is 434. The fourth-order valence-electron chi connectivity index (χ4n) is 2.08. The molecule has 1 aliphatic heterocycles. The standard InChI is InChI=1S/C14H18N2O2/c1-2-13(17)16-11-7-5-10(6-8-11)14(18)12-4-3-9-15-12/h5-8,12,15H,2-4,9H2,1H3,(H,16,17). The van der Waals surface area contributed by atoms with Crippen LogP contribution in [-0.2, 0) is 4.79 Å². The van der Waals surface area contributed by atoms with Crippen LogP contribution in [-0.4, -0.2) is 24.3 Å². The summed E-state index contributed by atoms with van der Waals surface area (Å²) < 4.78 is 0. The summed E-state index contributed by atoms with van der Waals surface area (Å²) in [5, 5.41) is 5.95. The van der Waals surface area contributed by atoms with Crippen molar-refractivity contribution < 1.29 is 9.59 Å². The Morgan fingerprint density at radius 3 is 2.61 bits per heavy atom. The smallest absolute Gasteiger partial charge is 0.224 e. The van der Waals surface area contributed by atoms with Crippen molar-refractivity contribution in [2.24, 2.45) is 0 Å². The highest BCUT2D eigenvalue weighted by Crippen LogP contribution is 2.15. The van der Waals surface area contributed by atoms with Gasteiger partial charge in [-0.15, -0.1) is 0 Å². The molecule has 1 aromatic carbocycles. The van der Waals surface area contributed by atoms with Gasteiger partial charge in [0.05, 0.1) is 6.04 Å².